The molecule has 0 saturated heterocycles. The molecule has 1 aromatic rings. The third kappa shape index (κ3) is 2.82. The highest BCUT2D eigenvalue weighted by molar-refractivity contribution is 5.32. The van der Waals surface area contributed by atoms with Gasteiger partial charge in [0.05, 0.1) is 18.6 Å². The molecule has 2 unspecified atom stereocenters. The SMILES string of the molecule is CC(C)c1ccccc1C(O)C(O)CC#N. The van der Waals surface area contributed by atoms with Gasteiger partial charge in [0.1, 0.15) is 6.10 Å². The molecule has 0 bridgehead atoms. The molecule has 16 heavy (non-hydrogen) atoms. The van der Waals surface area contributed by atoms with E-state index in [1.165, 1.54) is 0 Å². The zero-order chi connectivity index (χ0) is 12.1. The zero-order valence-electron chi connectivity index (χ0n) is 9.59. The average molecular weight is 219 g/mol. The maximum absolute atomic E-state index is 9.95. The van der Waals surface area contributed by atoms with Crippen LogP contribution in [-0.4, -0.2) is 16.3 Å². The van der Waals surface area contributed by atoms with E-state index in [9.17, 15) is 10.2 Å². The lowest BCUT2D eigenvalue weighted by Gasteiger charge is -2.20. The summed E-state index contributed by atoms with van der Waals surface area (Å²) in [6.07, 6.45) is -2.07. The van der Waals surface area contributed by atoms with Crippen molar-refractivity contribution < 1.29 is 10.2 Å². The first kappa shape index (κ1) is 12.7. The number of nitriles is 1. The van der Waals surface area contributed by atoms with Gasteiger partial charge in [-0.25, -0.2) is 0 Å². The highest BCUT2D eigenvalue weighted by Gasteiger charge is 2.21. The predicted molar refractivity (Wildman–Crippen MR) is 61.7 cm³/mol. The van der Waals surface area contributed by atoms with Crippen molar-refractivity contribution >= 4 is 0 Å². The summed E-state index contributed by atoms with van der Waals surface area (Å²) < 4.78 is 0. The van der Waals surface area contributed by atoms with E-state index in [0.717, 1.165) is 5.56 Å². The van der Waals surface area contributed by atoms with Crippen molar-refractivity contribution in [3.63, 3.8) is 0 Å². The molecule has 0 saturated carbocycles. The Morgan fingerprint density at radius 2 is 1.75 bits per heavy atom. The molecule has 0 aliphatic carbocycles. The molecular formula is C13H17NO2. The normalized spacial score (nSPS) is 14.5. The summed E-state index contributed by atoms with van der Waals surface area (Å²) in [7, 11) is 0. The summed E-state index contributed by atoms with van der Waals surface area (Å²) in [5.41, 5.74) is 1.72. The van der Waals surface area contributed by atoms with Crippen LogP contribution in [0.1, 0.15) is 43.4 Å². The molecule has 0 aromatic heterocycles. The van der Waals surface area contributed by atoms with Crippen LogP contribution in [0.5, 0.6) is 0 Å². The lowest BCUT2D eigenvalue weighted by molar-refractivity contribution is 0.0210. The molecule has 2 N–H and O–H groups in total. The minimum absolute atomic E-state index is 0.0619. The molecule has 86 valence electrons. The lowest BCUT2D eigenvalue weighted by Crippen LogP contribution is -2.19. The third-order valence-electron chi connectivity index (χ3n) is 2.60. The van der Waals surface area contributed by atoms with Gasteiger partial charge in [0.15, 0.2) is 0 Å². The summed E-state index contributed by atoms with van der Waals surface area (Å²) in [5.74, 6) is 0.278. The lowest BCUT2D eigenvalue weighted by atomic mass is 9.91. The van der Waals surface area contributed by atoms with Crippen LogP contribution in [0.3, 0.4) is 0 Å². The first-order chi connectivity index (χ1) is 7.57. The number of nitrogens with zero attached hydrogens (tertiary/aromatic N) is 1. The van der Waals surface area contributed by atoms with Gasteiger partial charge < -0.3 is 10.2 Å². The van der Waals surface area contributed by atoms with Gasteiger partial charge in [-0.15, -0.1) is 0 Å². The molecule has 0 radical (unpaired) electrons. The van der Waals surface area contributed by atoms with Crippen molar-refractivity contribution in [2.75, 3.05) is 0 Å². The fraction of sp³-hybridized carbons (Fsp3) is 0.462. The molecule has 3 heteroatoms. The Morgan fingerprint density at radius 1 is 1.19 bits per heavy atom. The van der Waals surface area contributed by atoms with E-state index in [4.69, 9.17) is 5.26 Å². The Morgan fingerprint density at radius 3 is 2.25 bits per heavy atom. The predicted octanol–water partition coefficient (Wildman–Crippen LogP) is 2.12. The molecule has 0 spiro atoms. The fourth-order valence-electron chi connectivity index (χ4n) is 1.72. The Hall–Kier alpha value is -1.37. The van der Waals surface area contributed by atoms with Crippen LogP contribution in [0.15, 0.2) is 24.3 Å². The second kappa shape index (κ2) is 5.64. The molecule has 0 amide bonds. The van der Waals surface area contributed by atoms with E-state index in [1.54, 1.807) is 6.07 Å². The number of rotatable bonds is 4. The van der Waals surface area contributed by atoms with Gasteiger partial charge in [-0.1, -0.05) is 38.1 Å². The highest BCUT2D eigenvalue weighted by atomic mass is 16.3. The monoisotopic (exact) mass is 219 g/mol. The van der Waals surface area contributed by atoms with Crippen LogP contribution in [0.25, 0.3) is 0 Å². The van der Waals surface area contributed by atoms with Gasteiger partial charge in [-0.3, -0.25) is 0 Å². The number of hydrogen-bond acceptors (Lipinski definition) is 3. The van der Waals surface area contributed by atoms with Crippen molar-refractivity contribution in [3.8, 4) is 6.07 Å². The van der Waals surface area contributed by atoms with Gasteiger partial charge in [0.25, 0.3) is 0 Å². The molecule has 3 nitrogen and oxygen atoms in total. The highest BCUT2D eigenvalue weighted by Crippen LogP contribution is 2.27. The summed E-state index contributed by atoms with van der Waals surface area (Å²) >= 11 is 0. The summed E-state index contributed by atoms with van der Waals surface area (Å²) in [6, 6.07) is 9.31. The summed E-state index contributed by atoms with van der Waals surface area (Å²) in [6.45, 7) is 4.06. The molecular weight excluding hydrogens is 202 g/mol. The van der Waals surface area contributed by atoms with Crippen molar-refractivity contribution in [1.82, 2.24) is 0 Å². The van der Waals surface area contributed by atoms with Gasteiger partial charge in [0, 0.05) is 0 Å². The van der Waals surface area contributed by atoms with Crippen molar-refractivity contribution in [2.45, 2.75) is 38.4 Å². The van der Waals surface area contributed by atoms with Crippen LogP contribution in [0.4, 0.5) is 0 Å². The molecule has 0 heterocycles. The average Bonchev–Trinajstić information content (AvgIpc) is 2.28. The maximum Gasteiger partial charge on any atom is 0.106 e. The van der Waals surface area contributed by atoms with E-state index in [-0.39, 0.29) is 12.3 Å². The third-order valence-corrected chi connectivity index (χ3v) is 2.60. The van der Waals surface area contributed by atoms with Crippen molar-refractivity contribution in [2.24, 2.45) is 0 Å². The number of aliphatic hydroxyl groups excluding tert-OH is 2. The first-order valence-corrected chi connectivity index (χ1v) is 5.39. The Balaban J connectivity index is 2.99. The second-order valence-corrected chi connectivity index (χ2v) is 4.16. The largest absolute Gasteiger partial charge is 0.389 e. The number of hydrogen-bond donors (Lipinski definition) is 2. The minimum atomic E-state index is -1.02. The van der Waals surface area contributed by atoms with E-state index in [0.29, 0.717) is 5.56 Å². The van der Waals surface area contributed by atoms with Gasteiger partial charge >= 0.3 is 0 Å². The first-order valence-electron chi connectivity index (χ1n) is 5.39. The summed E-state index contributed by atoms with van der Waals surface area (Å²) in [5, 5.41) is 28.0. The van der Waals surface area contributed by atoms with Crippen LogP contribution in [0.2, 0.25) is 0 Å². The smallest absolute Gasteiger partial charge is 0.106 e. The van der Waals surface area contributed by atoms with E-state index < -0.39 is 12.2 Å². The molecule has 1 rings (SSSR count). The minimum Gasteiger partial charge on any atom is -0.389 e. The quantitative estimate of drug-likeness (QED) is 0.815. The van der Waals surface area contributed by atoms with E-state index in [1.807, 2.05) is 38.1 Å². The molecule has 0 fully saturated rings. The van der Waals surface area contributed by atoms with E-state index >= 15 is 0 Å². The van der Waals surface area contributed by atoms with Crippen LogP contribution < -0.4 is 0 Å². The molecule has 0 aliphatic heterocycles. The van der Waals surface area contributed by atoms with Gasteiger partial charge in [-0.2, -0.15) is 5.26 Å². The molecule has 2 atom stereocenters. The van der Waals surface area contributed by atoms with Crippen LogP contribution >= 0.6 is 0 Å². The Labute approximate surface area is 96.0 Å². The molecule has 0 aliphatic rings. The van der Waals surface area contributed by atoms with Crippen LogP contribution in [-0.2, 0) is 0 Å². The number of aliphatic hydroxyl groups is 2. The van der Waals surface area contributed by atoms with Gasteiger partial charge in [-0.05, 0) is 17.0 Å². The van der Waals surface area contributed by atoms with Crippen LogP contribution in [0, 0.1) is 11.3 Å². The van der Waals surface area contributed by atoms with E-state index in [2.05, 4.69) is 0 Å². The Kier molecular flexibility index (Phi) is 4.48. The standard InChI is InChI=1S/C13H17NO2/c1-9(2)10-5-3-4-6-11(10)13(16)12(15)7-8-14/h3-6,9,12-13,15-16H,7H2,1-2H3. The van der Waals surface area contributed by atoms with Crippen molar-refractivity contribution in [1.29, 1.82) is 5.26 Å². The van der Waals surface area contributed by atoms with Gasteiger partial charge in [0.2, 0.25) is 0 Å². The second-order valence-electron chi connectivity index (χ2n) is 4.16. The fourth-order valence-corrected chi connectivity index (χ4v) is 1.72. The molecule has 1 aromatic carbocycles. The zero-order valence-corrected chi connectivity index (χ0v) is 9.59. The maximum atomic E-state index is 9.95. The van der Waals surface area contributed by atoms with Crippen molar-refractivity contribution in [3.05, 3.63) is 35.4 Å². The topological polar surface area (TPSA) is 64.2 Å². The number of benzene rings is 1. The Bertz CT molecular complexity index is 382. The summed E-state index contributed by atoms with van der Waals surface area (Å²) in [4.78, 5) is 0.